The molecule has 0 aromatic heterocycles. The SMILES string of the molecule is CCOc1ccccc1NC(=O)C(=O)N/N=C\c1ccccc1OCC(=O)Nc1cccc(C)c1. The number of rotatable bonds is 9. The summed E-state index contributed by atoms with van der Waals surface area (Å²) in [6.45, 7) is 3.95. The minimum Gasteiger partial charge on any atom is -0.492 e. The number of hydrogen-bond acceptors (Lipinski definition) is 6. The monoisotopic (exact) mass is 474 g/mol. The Bertz CT molecular complexity index is 1230. The predicted molar refractivity (Wildman–Crippen MR) is 134 cm³/mol. The van der Waals surface area contributed by atoms with E-state index < -0.39 is 11.8 Å². The van der Waals surface area contributed by atoms with Gasteiger partial charge in [0.2, 0.25) is 0 Å². The van der Waals surface area contributed by atoms with Gasteiger partial charge in [0.1, 0.15) is 11.5 Å². The van der Waals surface area contributed by atoms with Crippen LogP contribution in [0.15, 0.2) is 77.9 Å². The second-order valence-electron chi connectivity index (χ2n) is 7.33. The smallest absolute Gasteiger partial charge is 0.329 e. The summed E-state index contributed by atoms with van der Waals surface area (Å²) in [4.78, 5) is 36.6. The summed E-state index contributed by atoms with van der Waals surface area (Å²) < 4.78 is 11.0. The highest BCUT2D eigenvalue weighted by Gasteiger charge is 2.15. The minimum atomic E-state index is -0.955. The maximum Gasteiger partial charge on any atom is 0.329 e. The van der Waals surface area contributed by atoms with Gasteiger partial charge in [0.25, 0.3) is 5.91 Å². The van der Waals surface area contributed by atoms with Crippen LogP contribution in [0.25, 0.3) is 0 Å². The summed E-state index contributed by atoms with van der Waals surface area (Å²) in [7, 11) is 0. The molecule has 3 N–H and O–H groups in total. The van der Waals surface area contributed by atoms with Crippen LogP contribution in [0.2, 0.25) is 0 Å². The van der Waals surface area contributed by atoms with Crippen LogP contribution in [0.3, 0.4) is 0 Å². The van der Waals surface area contributed by atoms with Gasteiger partial charge in [0, 0.05) is 11.3 Å². The third-order valence-corrected chi connectivity index (χ3v) is 4.59. The Morgan fingerprint density at radius 2 is 1.60 bits per heavy atom. The Morgan fingerprint density at radius 1 is 0.857 bits per heavy atom. The molecule has 3 rings (SSSR count). The number of para-hydroxylation sites is 3. The van der Waals surface area contributed by atoms with Gasteiger partial charge in [0.05, 0.1) is 18.5 Å². The van der Waals surface area contributed by atoms with Crippen LogP contribution in [-0.2, 0) is 14.4 Å². The lowest BCUT2D eigenvalue weighted by atomic mass is 10.2. The van der Waals surface area contributed by atoms with Crippen LogP contribution in [0.1, 0.15) is 18.1 Å². The largest absolute Gasteiger partial charge is 0.492 e. The van der Waals surface area contributed by atoms with Gasteiger partial charge in [-0.2, -0.15) is 5.10 Å². The van der Waals surface area contributed by atoms with Crippen LogP contribution >= 0.6 is 0 Å². The lowest BCUT2D eigenvalue weighted by molar-refractivity contribution is -0.136. The van der Waals surface area contributed by atoms with E-state index in [9.17, 15) is 14.4 Å². The number of aryl methyl sites for hydroxylation is 1. The normalized spacial score (nSPS) is 10.5. The molecular weight excluding hydrogens is 448 g/mol. The maximum absolute atomic E-state index is 12.2. The second kappa shape index (κ2) is 12.5. The number of nitrogens with one attached hydrogen (secondary N) is 3. The molecule has 0 unspecified atom stereocenters. The Hall–Kier alpha value is -4.66. The minimum absolute atomic E-state index is 0.215. The molecule has 0 bridgehead atoms. The molecule has 0 spiro atoms. The van der Waals surface area contributed by atoms with Crippen molar-refractivity contribution >= 4 is 35.3 Å². The molecule has 3 amide bonds. The van der Waals surface area contributed by atoms with Gasteiger partial charge in [-0.05, 0) is 55.8 Å². The number of amides is 3. The van der Waals surface area contributed by atoms with Crippen molar-refractivity contribution in [3.63, 3.8) is 0 Å². The van der Waals surface area contributed by atoms with Crippen LogP contribution in [0.5, 0.6) is 11.5 Å². The summed E-state index contributed by atoms with van der Waals surface area (Å²) >= 11 is 0. The molecule has 0 atom stereocenters. The lowest BCUT2D eigenvalue weighted by Crippen LogP contribution is -2.32. The summed E-state index contributed by atoms with van der Waals surface area (Å²) in [5.41, 5.74) is 4.77. The van der Waals surface area contributed by atoms with E-state index in [1.54, 1.807) is 54.6 Å². The van der Waals surface area contributed by atoms with Crippen LogP contribution in [0, 0.1) is 6.92 Å². The first-order valence-corrected chi connectivity index (χ1v) is 10.9. The summed E-state index contributed by atoms with van der Waals surface area (Å²) in [6.07, 6.45) is 1.33. The third kappa shape index (κ3) is 7.71. The van der Waals surface area contributed by atoms with Gasteiger partial charge < -0.3 is 20.1 Å². The quantitative estimate of drug-likeness (QED) is 0.249. The number of carbonyl (C=O) groups excluding carboxylic acids is 3. The summed E-state index contributed by atoms with van der Waals surface area (Å²) in [5, 5.41) is 9.09. The van der Waals surface area contributed by atoms with Crippen LogP contribution in [-0.4, -0.2) is 37.1 Å². The molecule has 9 nitrogen and oxygen atoms in total. The molecule has 3 aromatic rings. The molecule has 35 heavy (non-hydrogen) atoms. The van der Waals surface area contributed by atoms with E-state index in [1.807, 2.05) is 32.0 Å². The first-order chi connectivity index (χ1) is 17.0. The zero-order valence-corrected chi connectivity index (χ0v) is 19.4. The standard InChI is InChI=1S/C26H26N4O5/c1-3-34-23-14-7-5-12-21(23)29-25(32)26(33)30-27-16-19-10-4-6-13-22(19)35-17-24(31)28-20-11-8-9-18(2)15-20/h4-16H,3,17H2,1-2H3,(H,28,31)(H,29,32)(H,30,33)/b27-16-. The van der Waals surface area contributed by atoms with Crippen molar-refractivity contribution in [2.45, 2.75) is 13.8 Å². The summed E-state index contributed by atoms with van der Waals surface area (Å²) in [6, 6.07) is 21.1. The number of hydrazone groups is 1. The maximum atomic E-state index is 12.2. The van der Waals surface area contributed by atoms with Crippen LogP contribution in [0.4, 0.5) is 11.4 Å². The van der Waals surface area contributed by atoms with Crippen molar-refractivity contribution in [2.75, 3.05) is 23.8 Å². The van der Waals surface area contributed by atoms with Crippen molar-refractivity contribution in [1.82, 2.24) is 5.43 Å². The fraction of sp³-hybridized carbons (Fsp3) is 0.154. The Labute approximate surface area is 203 Å². The number of hydrogen-bond donors (Lipinski definition) is 3. The Kier molecular flexibility index (Phi) is 8.95. The fourth-order valence-corrected chi connectivity index (χ4v) is 3.02. The van der Waals surface area contributed by atoms with Crippen LogP contribution < -0.4 is 25.5 Å². The highest BCUT2D eigenvalue weighted by Crippen LogP contribution is 2.23. The number of benzene rings is 3. The van der Waals surface area contributed by atoms with E-state index in [0.29, 0.717) is 35.0 Å². The first kappa shape index (κ1) is 25.0. The molecule has 3 aromatic carbocycles. The first-order valence-electron chi connectivity index (χ1n) is 10.9. The molecule has 0 aliphatic carbocycles. The number of ether oxygens (including phenoxy) is 2. The molecule has 180 valence electrons. The number of carbonyl (C=O) groups is 3. The van der Waals surface area contributed by atoms with E-state index in [0.717, 1.165) is 5.56 Å². The molecule has 0 fully saturated rings. The van der Waals surface area contributed by atoms with Crippen molar-refractivity contribution < 1.29 is 23.9 Å². The molecule has 9 heteroatoms. The zero-order chi connectivity index (χ0) is 25.0. The fourth-order valence-electron chi connectivity index (χ4n) is 3.02. The molecule has 0 saturated heterocycles. The molecule has 0 heterocycles. The van der Waals surface area contributed by atoms with Gasteiger partial charge in [-0.15, -0.1) is 0 Å². The van der Waals surface area contributed by atoms with Gasteiger partial charge >= 0.3 is 11.8 Å². The zero-order valence-electron chi connectivity index (χ0n) is 19.4. The molecule has 0 aliphatic heterocycles. The van der Waals surface area contributed by atoms with Crippen molar-refractivity contribution in [3.05, 3.63) is 83.9 Å². The topological polar surface area (TPSA) is 118 Å². The average Bonchev–Trinajstić information content (AvgIpc) is 2.84. The molecule has 0 aliphatic rings. The van der Waals surface area contributed by atoms with E-state index in [4.69, 9.17) is 9.47 Å². The predicted octanol–water partition coefficient (Wildman–Crippen LogP) is 3.50. The average molecular weight is 475 g/mol. The molecule has 0 radical (unpaired) electrons. The van der Waals surface area contributed by atoms with Gasteiger partial charge in [-0.3, -0.25) is 14.4 Å². The van der Waals surface area contributed by atoms with Gasteiger partial charge in [-0.1, -0.05) is 36.4 Å². The Balaban J connectivity index is 1.54. The number of nitrogens with zero attached hydrogens (tertiary/aromatic N) is 1. The van der Waals surface area contributed by atoms with Crippen molar-refractivity contribution in [3.8, 4) is 11.5 Å². The third-order valence-electron chi connectivity index (χ3n) is 4.59. The highest BCUT2D eigenvalue weighted by atomic mass is 16.5. The van der Waals surface area contributed by atoms with E-state index >= 15 is 0 Å². The lowest BCUT2D eigenvalue weighted by Gasteiger charge is -2.10. The highest BCUT2D eigenvalue weighted by molar-refractivity contribution is 6.39. The van der Waals surface area contributed by atoms with Gasteiger partial charge in [-0.25, -0.2) is 5.43 Å². The second-order valence-corrected chi connectivity index (χ2v) is 7.33. The van der Waals surface area contributed by atoms with Gasteiger partial charge in [0.15, 0.2) is 6.61 Å². The van der Waals surface area contributed by atoms with E-state index in [1.165, 1.54) is 6.21 Å². The van der Waals surface area contributed by atoms with E-state index in [2.05, 4.69) is 21.2 Å². The van der Waals surface area contributed by atoms with E-state index in [-0.39, 0.29) is 12.5 Å². The molecular formula is C26H26N4O5. The molecule has 0 saturated carbocycles. The Morgan fingerprint density at radius 3 is 2.37 bits per heavy atom. The van der Waals surface area contributed by atoms with Crippen molar-refractivity contribution in [2.24, 2.45) is 5.10 Å². The number of anilines is 2. The van der Waals surface area contributed by atoms with Crippen molar-refractivity contribution in [1.29, 1.82) is 0 Å². The summed E-state index contributed by atoms with van der Waals surface area (Å²) in [5.74, 6) is -1.33.